The summed E-state index contributed by atoms with van der Waals surface area (Å²) in [7, 11) is 0. The van der Waals surface area contributed by atoms with Gasteiger partial charge in [0.05, 0.1) is 28.3 Å². The molecule has 7 nitrogen and oxygen atoms in total. The van der Waals surface area contributed by atoms with Gasteiger partial charge in [0.25, 0.3) is 0 Å². The van der Waals surface area contributed by atoms with E-state index in [1.54, 1.807) is 6.07 Å². The Morgan fingerprint density at radius 2 is 1.03 bits per heavy atom. The number of carbonyl (C=O) groups excluding carboxylic acids is 1. The monoisotopic (exact) mass is 1280 g/mol. The molecule has 0 N–H and O–H groups in total. The van der Waals surface area contributed by atoms with Crippen LogP contribution >= 0.6 is 22.7 Å². The minimum atomic E-state index is -4.42. The number of nitrogens with zero attached hydrogens (tertiary/aromatic N) is 6. The molecule has 10 aromatic rings. The molecule has 0 aliphatic carbocycles. The van der Waals surface area contributed by atoms with Crippen LogP contribution in [-0.2, 0) is 18.8 Å². The predicted octanol–water partition coefficient (Wildman–Crippen LogP) is 11.2. The van der Waals surface area contributed by atoms with Gasteiger partial charge >= 0.3 is 365 Å². The van der Waals surface area contributed by atoms with Gasteiger partial charge in [0, 0.05) is 0 Å². The maximum absolute atomic E-state index is 13.1. The van der Waals surface area contributed by atoms with Crippen molar-refractivity contribution in [3.8, 4) is 12.1 Å². The SMILES string of the molecule is N#C/C(=C\c1ccc(N2c3ccccc3[Se]c3ccccc32)[se]1)c1nc2ccc(C(F)(F)F)cc2s1.N#CCc1nc2ccc(C(F)(F)F)cc2s1.[2H]C(=O)c1ccc(N2c3ccccc3[Se]c3ccccc32)[se]1. The molecule has 0 radical (unpaired) electrons. The summed E-state index contributed by atoms with van der Waals surface area (Å²) in [5.41, 5.74) is 4.71. The Hall–Kier alpha value is -6.29. The van der Waals surface area contributed by atoms with Crippen LogP contribution in [0.3, 0.4) is 0 Å². The van der Waals surface area contributed by atoms with Gasteiger partial charge < -0.3 is 0 Å². The molecule has 12 rings (SSSR count). The van der Waals surface area contributed by atoms with Crippen molar-refractivity contribution >= 4 is 170 Å². The Morgan fingerprint density at radius 1 is 0.589 bits per heavy atom. The number of hydrogen-bond donors (Lipinski definition) is 0. The van der Waals surface area contributed by atoms with E-state index in [9.17, 15) is 36.4 Å². The Bertz CT molecular complexity index is 3800. The summed E-state index contributed by atoms with van der Waals surface area (Å²) in [5.74, 6) is 0. The van der Waals surface area contributed by atoms with Crippen molar-refractivity contribution in [1.82, 2.24) is 9.97 Å². The van der Waals surface area contributed by atoms with Gasteiger partial charge in [-0.1, -0.05) is 0 Å². The van der Waals surface area contributed by atoms with Gasteiger partial charge in [0.15, 0.2) is 0 Å². The summed E-state index contributed by atoms with van der Waals surface area (Å²) in [6.07, 6.45) is -7.38. The standard InChI is InChI=1S/C27H14F3N3SSe2.C17H11NOSe2.C10H5F3N2S/c28-27(29,30)17-9-11-19-22(14-17)34-26(32-19)16(15-31)13-18-10-12-25(35-18)33-20-5-1-3-7-23(20)36-24-8-4-2-6-21(24)33;19-11-12-9-10-17(20-12)18-13-5-1-3-7-15(13)21-16-8-4-2-6-14(16)18;11-10(12,13)6-1-2-7-8(5-6)16-9(15-7)3-4-14/h1-14H;1-11H;1-2,5H,3H2/b16-13+;;/i;11D;. The second-order valence-electron chi connectivity index (χ2n) is 15.7. The van der Waals surface area contributed by atoms with Crippen LogP contribution in [0.15, 0.2) is 158 Å². The van der Waals surface area contributed by atoms with Crippen molar-refractivity contribution in [2.75, 3.05) is 9.80 Å². The average Bonchev–Trinajstić information content (AvgIpc) is 4.23. The molecule has 0 fully saturated rings. The summed E-state index contributed by atoms with van der Waals surface area (Å²) in [5, 5.41) is 19.3. The van der Waals surface area contributed by atoms with Gasteiger partial charge in [0.2, 0.25) is 0 Å². The number of nitriles is 2. The normalized spacial score (nSPS) is 13.0. The second kappa shape index (κ2) is 21.3. The molecule has 73 heavy (non-hydrogen) atoms. The fraction of sp³-hybridized carbons (Fsp3) is 0.0556. The minimum absolute atomic E-state index is 0.0627. The molecule has 2 aliphatic heterocycles. The summed E-state index contributed by atoms with van der Waals surface area (Å²) in [4.78, 5) is 24.4. The summed E-state index contributed by atoms with van der Waals surface area (Å²) >= 11 is 2.59. The van der Waals surface area contributed by atoms with Crippen molar-refractivity contribution in [2.24, 2.45) is 0 Å². The van der Waals surface area contributed by atoms with Crippen LogP contribution in [0.2, 0.25) is 0 Å². The van der Waals surface area contributed by atoms with Crippen molar-refractivity contribution < 1.29 is 32.5 Å². The molecule has 0 spiro atoms. The van der Waals surface area contributed by atoms with Crippen LogP contribution < -0.4 is 27.6 Å². The van der Waals surface area contributed by atoms with E-state index in [1.165, 1.54) is 57.3 Å². The van der Waals surface area contributed by atoms with Crippen LogP contribution in [-0.4, -0.2) is 75.2 Å². The molecule has 0 atom stereocenters. The van der Waals surface area contributed by atoms with E-state index in [4.69, 9.17) is 6.63 Å². The topological polar surface area (TPSA) is 96.9 Å². The number of alkyl halides is 6. The number of allylic oxidation sites excluding steroid dienone is 1. The van der Waals surface area contributed by atoms with Crippen molar-refractivity contribution in [1.29, 1.82) is 10.5 Å². The molecular formula is C54H30F6N6OS2Se4. The van der Waals surface area contributed by atoms with Crippen molar-refractivity contribution in [2.45, 2.75) is 18.8 Å². The third-order valence-electron chi connectivity index (χ3n) is 11.0. The van der Waals surface area contributed by atoms with E-state index in [0.717, 1.165) is 55.9 Å². The molecule has 4 aromatic heterocycles. The number of aromatic nitrogens is 2. The number of aldehydes is 1. The summed E-state index contributed by atoms with van der Waals surface area (Å²) < 4.78 is 94.0. The second-order valence-corrected chi connectivity index (χ2v) is 26.9. The number of carbonyl (C=O) groups is 1. The number of benzene rings is 6. The molecule has 19 heteroatoms. The third-order valence-corrected chi connectivity index (χ3v) is 21.9. The first-order valence-corrected chi connectivity index (χ1v) is 30.1. The zero-order chi connectivity index (χ0) is 51.7. The van der Waals surface area contributed by atoms with E-state index in [0.29, 0.717) is 55.4 Å². The van der Waals surface area contributed by atoms with E-state index in [1.807, 2.05) is 24.3 Å². The summed E-state index contributed by atoms with van der Waals surface area (Å²) in [6, 6.07) is 52.7. The van der Waals surface area contributed by atoms with Crippen LogP contribution in [0.25, 0.3) is 32.1 Å². The Balaban J connectivity index is 0.000000140. The van der Waals surface area contributed by atoms with Crippen molar-refractivity contribution in [3.63, 3.8) is 0 Å². The Morgan fingerprint density at radius 3 is 1.47 bits per heavy atom. The zero-order valence-electron chi connectivity index (χ0n) is 38.1. The van der Waals surface area contributed by atoms with E-state index >= 15 is 0 Å². The van der Waals surface area contributed by atoms with Crippen LogP contribution in [0.4, 0.5) is 58.2 Å². The molecule has 0 amide bonds. The van der Waals surface area contributed by atoms with E-state index in [-0.39, 0.29) is 50.4 Å². The number of thiazole rings is 2. The first-order chi connectivity index (χ1) is 35.6. The van der Waals surface area contributed by atoms with Crippen molar-refractivity contribution in [3.05, 3.63) is 188 Å². The number of rotatable bonds is 6. The van der Waals surface area contributed by atoms with Gasteiger partial charge in [-0.25, -0.2) is 4.98 Å². The van der Waals surface area contributed by atoms with Crippen LogP contribution in [0.1, 0.15) is 36.2 Å². The first-order valence-electron chi connectivity index (χ1n) is 22.1. The molecule has 0 saturated carbocycles. The van der Waals surface area contributed by atoms with Gasteiger partial charge in [-0.15, -0.1) is 11.3 Å². The molecule has 0 saturated heterocycles. The number of halogens is 6. The van der Waals surface area contributed by atoms with Gasteiger partial charge in [-0.2, -0.15) is 18.4 Å². The predicted molar refractivity (Wildman–Crippen MR) is 284 cm³/mol. The number of fused-ring (bicyclic) bond motifs is 6. The number of hydrogen-bond acceptors (Lipinski definition) is 9. The maximum atomic E-state index is 13.1. The van der Waals surface area contributed by atoms with Crippen LogP contribution in [0.5, 0.6) is 0 Å². The molecule has 0 unspecified atom stereocenters. The van der Waals surface area contributed by atoms with E-state index in [2.05, 4.69) is 129 Å². The zero-order valence-corrected chi connectivity index (χ0v) is 45.6. The molecule has 6 aromatic carbocycles. The fourth-order valence-corrected chi connectivity index (χ4v) is 17.9. The number of anilines is 6. The molecule has 0 bridgehead atoms. The third kappa shape index (κ3) is 10.9. The Kier molecular flexibility index (Phi) is 14.3. The molecule has 6 heterocycles. The van der Waals surface area contributed by atoms with Crippen LogP contribution in [0, 0.1) is 22.7 Å². The average molecular weight is 1270 g/mol. The Labute approximate surface area is 447 Å². The molecular weight excluding hydrogens is 1240 g/mol. The fourth-order valence-electron chi connectivity index (χ4n) is 7.72. The summed E-state index contributed by atoms with van der Waals surface area (Å²) in [6.45, 7) is 0. The quantitative estimate of drug-likeness (QED) is 0.0708. The first kappa shape index (κ1) is 48.9. The van der Waals surface area contributed by atoms with Gasteiger partial charge in [-0.3, -0.25) is 0 Å². The van der Waals surface area contributed by atoms with Gasteiger partial charge in [-0.05, 0) is 18.2 Å². The van der Waals surface area contributed by atoms with E-state index < -0.39 is 29.7 Å². The molecule has 360 valence electrons. The number of para-hydroxylation sites is 4. The van der Waals surface area contributed by atoms with Gasteiger partial charge in [0.1, 0.15) is 5.01 Å². The molecule has 2 aliphatic rings.